The van der Waals surface area contributed by atoms with Crippen LogP contribution in [0.4, 0.5) is 17.1 Å². The Morgan fingerprint density at radius 3 is 1.69 bits per heavy atom. The molecule has 1 rings (SSSR count). The summed E-state index contributed by atoms with van der Waals surface area (Å²) in [7, 11) is 6.63. The van der Waals surface area contributed by atoms with Gasteiger partial charge in [-0.05, 0) is 12.1 Å². The molecule has 0 spiro atoms. The molecule has 0 heterocycles. The van der Waals surface area contributed by atoms with E-state index in [4.69, 9.17) is 10.7 Å². The first kappa shape index (κ1) is 12.9. The van der Waals surface area contributed by atoms with Crippen molar-refractivity contribution in [3.8, 4) is 0 Å². The molecule has 1 aromatic carbocycles. The van der Waals surface area contributed by atoms with Gasteiger partial charge in [-0.15, -0.1) is 0 Å². The minimum atomic E-state index is -3.79. The summed E-state index contributed by atoms with van der Waals surface area (Å²) < 4.78 is 22.9. The van der Waals surface area contributed by atoms with Crippen molar-refractivity contribution < 1.29 is 8.42 Å². The van der Waals surface area contributed by atoms with Gasteiger partial charge >= 0.3 is 0 Å². The summed E-state index contributed by atoms with van der Waals surface area (Å²) in [5.74, 6) is 0. The van der Waals surface area contributed by atoms with Crippen molar-refractivity contribution in [3.05, 3.63) is 12.1 Å². The Bertz CT molecular complexity index is 463. The average Bonchev–Trinajstić information content (AvgIpc) is 2.25. The molecule has 5 nitrogen and oxygen atoms in total. The molecule has 0 aliphatic heterocycles. The van der Waals surface area contributed by atoms with Crippen LogP contribution in [0.3, 0.4) is 0 Å². The molecule has 0 saturated carbocycles. The van der Waals surface area contributed by atoms with Gasteiger partial charge in [-0.25, -0.2) is 8.42 Å². The summed E-state index contributed by atoms with van der Waals surface area (Å²) in [5, 5.41) is 8.55. The van der Waals surface area contributed by atoms with Crippen LogP contribution in [-0.4, -0.2) is 29.6 Å². The third-order valence-corrected chi connectivity index (χ3v) is 3.55. The van der Waals surface area contributed by atoms with Crippen LogP contribution < -0.4 is 16.0 Å². The lowest BCUT2D eigenvalue weighted by atomic mass is 10.2. The molecule has 0 atom stereocenters. The van der Waals surface area contributed by atoms with Crippen molar-refractivity contribution in [1.29, 1.82) is 0 Å². The van der Waals surface area contributed by atoms with Gasteiger partial charge in [0.05, 0.1) is 11.4 Å². The molecule has 0 saturated heterocycles. The molecule has 0 aliphatic rings. The van der Waals surface area contributed by atoms with Crippen molar-refractivity contribution in [2.45, 2.75) is 4.90 Å². The summed E-state index contributed by atoms with van der Waals surface area (Å²) in [5.41, 5.74) is 1.69. The van der Waals surface area contributed by atoms with Gasteiger partial charge in [-0.3, -0.25) is 0 Å². The second kappa shape index (κ2) is 4.80. The van der Waals surface area contributed by atoms with E-state index in [1.54, 1.807) is 33.3 Å². The first-order chi connectivity index (χ1) is 7.43. The molecule has 0 aliphatic carbocycles. The van der Waals surface area contributed by atoms with Gasteiger partial charge in [0.1, 0.15) is 4.90 Å². The van der Waals surface area contributed by atoms with Crippen LogP contribution in [0, 0.1) is 0 Å². The van der Waals surface area contributed by atoms with Gasteiger partial charge in [-0.1, -0.05) is 0 Å². The standard InChI is InChI=1S/C9H14ClN3O2S/c1-11-6-4-7(12-2)9(16(10,14)15)8(5-6)13-3/h4-5,11-13H,1-3H3. The number of halogens is 1. The molecule has 0 fully saturated rings. The maximum atomic E-state index is 11.5. The van der Waals surface area contributed by atoms with Crippen LogP contribution in [-0.2, 0) is 9.05 Å². The summed E-state index contributed by atoms with van der Waals surface area (Å²) in [6, 6.07) is 3.35. The van der Waals surface area contributed by atoms with E-state index in [9.17, 15) is 8.42 Å². The Balaban J connectivity index is 3.57. The number of rotatable bonds is 4. The minimum absolute atomic E-state index is 0.0539. The first-order valence-corrected chi connectivity index (χ1v) is 6.91. The molecular weight excluding hydrogens is 250 g/mol. The number of benzene rings is 1. The predicted octanol–water partition coefficient (Wildman–Crippen LogP) is 1.74. The van der Waals surface area contributed by atoms with Crippen LogP contribution in [0.25, 0.3) is 0 Å². The van der Waals surface area contributed by atoms with Crippen molar-refractivity contribution in [2.24, 2.45) is 0 Å². The van der Waals surface area contributed by atoms with Gasteiger partial charge in [0.2, 0.25) is 0 Å². The van der Waals surface area contributed by atoms with Crippen molar-refractivity contribution in [3.63, 3.8) is 0 Å². The minimum Gasteiger partial charge on any atom is -0.388 e. The molecule has 0 unspecified atom stereocenters. The monoisotopic (exact) mass is 263 g/mol. The maximum absolute atomic E-state index is 11.5. The van der Waals surface area contributed by atoms with Crippen molar-refractivity contribution >= 4 is 36.8 Å². The summed E-state index contributed by atoms with van der Waals surface area (Å²) in [6.45, 7) is 0. The molecular formula is C9H14ClN3O2S. The predicted molar refractivity (Wildman–Crippen MR) is 68.1 cm³/mol. The third kappa shape index (κ3) is 2.51. The highest BCUT2D eigenvalue weighted by Gasteiger charge is 2.20. The second-order valence-corrected chi connectivity index (χ2v) is 5.59. The van der Waals surface area contributed by atoms with E-state index in [0.29, 0.717) is 11.4 Å². The molecule has 0 bridgehead atoms. The van der Waals surface area contributed by atoms with E-state index in [0.717, 1.165) is 5.69 Å². The third-order valence-electron chi connectivity index (χ3n) is 2.16. The van der Waals surface area contributed by atoms with E-state index < -0.39 is 9.05 Å². The second-order valence-electron chi connectivity index (χ2n) is 3.09. The summed E-state index contributed by atoms with van der Waals surface area (Å²) >= 11 is 0. The van der Waals surface area contributed by atoms with Crippen LogP contribution in [0.2, 0.25) is 0 Å². The van der Waals surface area contributed by atoms with E-state index in [2.05, 4.69) is 16.0 Å². The molecule has 16 heavy (non-hydrogen) atoms. The molecule has 0 amide bonds. The van der Waals surface area contributed by atoms with Gasteiger partial charge < -0.3 is 16.0 Å². The van der Waals surface area contributed by atoms with Crippen molar-refractivity contribution in [2.75, 3.05) is 37.1 Å². The lowest BCUT2D eigenvalue weighted by Gasteiger charge is -2.14. The lowest BCUT2D eigenvalue weighted by molar-refractivity contribution is 0.610. The Morgan fingerprint density at radius 1 is 1.00 bits per heavy atom. The van der Waals surface area contributed by atoms with E-state index in [-0.39, 0.29) is 4.90 Å². The van der Waals surface area contributed by atoms with Crippen LogP contribution in [0.1, 0.15) is 0 Å². The average molecular weight is 264 g/mol. The van der Waals surface area contributed by atoms with Crippen molar-refractivity contribution in [1.82, 2.24) is 0 Å². The topological polar surface area (TPSA) is 70.2 Å². The summed E-state index contributed by atoms with van der Waals surface area (Å²) in [4.78, 5) is 0.0539. The number of hydrogen-bond donors (Lipinski definition) is 3. The quantitative estimate of drug-likeness (QED) is 0.722. The zero-order valence-electron chi connectivity index (χ0n) is 9.26. The number of hydrogen-bond acceptors (Lipinski definition) is 5. The SMILES string of the molecule is CNc1cc(NC)c(S(=O)(=O)Cl)c(NC)c1. The normalized spacial score (nSPS) is 11.0. The van der Waals surface area contributed by atoms with E-state index in [1.807, 2.05) is 0 Å². The Kier molecular flexibility index (Phi) is 3.88. The number of nitrogens with one attached hydrogen (secondary N) is 3. The smallest absolute Gasteiger partial charge is 0.265 e. The van der Waals surface area contributed by atoms with Gasteiger partial charge in [0, 0.05) is 37.5 Å². The summed E-state index contributed by atoms with van der Waals surface area (Å²) in [6.07, 6.45) is 0. The Hall–Kier alpha value is -1.14. The number of anilines is 3. The van der Waals surface area contributed by atoms with E-state index >= 15 is 0 Å². The van der Waals surface area contributed by atoms with Gasteiger partial charge in [-0.2, -0.15) is 0 Å². The van der Waals surface area contributed by atoms with Crippen LogP contribution in [0.15, 0.2) is 17.0 Å². The Labute approximate surface area is 99.6 Å². The largest absolute Gasteiger partial charge is 0.388 e. The highest BCUT2D eigenvalue weighted by Crippen LogP contribution is 2.35. The molecule has 7 heteroatoms. The van der Waals surface area contributed by atoms with Crippen LogP contribution in [0.5, 0.6) is 0 Å². The molecule has 0 radical (unpaired) electrons. The Morgan fingerprint density at radius 2 is 1.44 bits per heavy atom. The van der Waals surface area contributed by atoms with Gasteiger partial charge in [0.15, 0.2) is 0 Å². The maximum Gasteiger partial charge on any atom is 0.265 e. The zero-order chi connectivity index (χ0) is 12.3. The molecule has 90 valence electrons. The fourth-order valence-corrected chi connectivity index (χ4v) is 2.75. The zero-order valence-corrected chi connectivity index (χ0v) is 10.8. The lowest BCUT2D eigenvalue weighted by Crippen LogP contribution is -2.05. The van der Waals surface area contributed by atoms with E-state index in [1.165, 1.54) is 0 Å². The molecule has 0 aromatic heterocycles. The van der Waals surface area contributed by atoms with Crippen LogP contribution >= 0.6 is 10.7 Å². The first-order valence-electron chi connectivity index (χ1n) is 4.60. The van der Waals surface area contributed by atoms with Gasteiger partial charge in [0.25, 0.3) is 9.05 Å². The molecule has 3 N–H and O–H groups in total. The fourth-order valence-electron chi connectivity index (χ4n) is 1.41. The highest BCUT2D eigenvalue weighted by atomic mass is 35.7. The highest BCUT2D eigenvalue weighted by molar-refractivity contribution is 8.14. The fraction of sp³-hybridized carbons (Fsp3) is 0.333. The molecule has 1 aromatic rings.